The lowest BCUT2D eigenvalue weighted by Crippen LogP contribution is -2.14. The van der Waals surface area contributed by atoms with E-state index in [-0.39, 0.29) is 5.69 Å². The molecule has 0 saturated carbocycles. The number of thiophene rings is 1. The van der Waals surface area contributed by atoms with Gasteiger partial charge in [-0.25, -0.2) is 0 Å². The Balaban J connectivity index is 2.14. The number of carbonyl (C=O) groups excluding carboxylic acids is 1. The van der Waals surface area contributed by atoms with Crippen molar-refractivity contribution in [2.24, 2.45) is 0 Å². The maximum atomic E-state index is 12.8. The van der Waals surface area contributed by atoms with Gasteiger partial charge in [0.1, 0.15) is 0 Å². The molecule has 1 heterocycles. The normalized spacial score (nSPS) is 11.8. The molecule has 0 unspecified atom stereocenters. The topological polar surface area (TPSA) is 29.1 Å². The quantitative estimate of drug-likeness (QED) is 0.816. The Morgan fingerprint density at radius 1 is 1.24 bits per heavy atom. The van der Waals surface area contributed by atoms with Crippen LogP contribution in [-0.4, -0.2) is 5.91 Å². The Labute approximate surface area is 123 Å². The van der Waals surface area contributed by atoms with Crippen LogP contribution in [0.5, 0.6) is 0 Å². The molecule has 0 aliphatic heterocycles. The zero-order valence-corrected chi connectivity index (χ0v) is 11.9. The molecule has 0 fully saturated rings. The first-order valence-electron chi connectivity index (χ1n) is 6.07. The van der Waals surface area contributed by atoms with E-state index in [4.69, 9.17) is 0 Å². The number of aryl methyl sites for hydroxylation is 1. The van der Waals surface area contributed by atoms with E-state index >= 15 is 0 Å². The summed E-state index contributed by atoms with van der Waals surface area (Å²) in [6.45, 7) is 1.90. The summed E-state index contributed by atoms with van der Waals surface area (Å²) in [5.41, 5.74) is -0.0960. The first-order chi connectivity index (χ1) is 9.88. The highest BCUT2D eigenvalue weighted by Gasteiger charge is 2.33. The maximum Gasteiger partial charge on any atom is 0.418 e. The minimum absolute atomic E-state index is 0.248. The first-order valence-corrected chi connectivity index (χ1v) is 6.95. The van der Waals surface area contributed by atoms with E-state index in [9.17, 15) is 18.0 Å². The van der Waals surface area contributed by atoms with Gasteiger partial charge in [0.25, 0.3) is 0 Å². The molecule has 1 aromatic heterocycles. The molecule has 110 valence electrons. The van der Waals surface area contributed by atoms with Gasteiger partial charge in [-0.15, -0.1) is 11.3 Å². The van der Waals surface area contributed by atoms with E-state index in [1.165, 1.54) is 35.6 Å². The van der Waals surface area contributed by atoms with Gasteiger partial charge in [-0.2, -0.15) is 13.2 Å². The summed E-state index contributed by atoms with van der Waals surface area (Å²) >= 11 is 1.46. The minimum atomic E-state index is -4.50. The van der Waals surface area contributed by atoms with E-state index in [0.29, 0.717) is 0 Å². The Morgan fingerprint density at radius 3 is 2.57 bits per heavy atom. The van der Waals surface area contributed by atoms with Crippen LogP contribution in [0.1, 0.15) is 16.0 Å². The number of hydrogen-bond acceptors (Lipinski definition) is 2. The van der Waals surface area contributed by atoms with Crippen LogP contribution in [0.15, 0.2) is 41.8 Å². The van der Waals surface area contributed by atoms with Gasteiger partial charge in [0.05, 0.1) is 11.3 Å². The lowest BCUT2D eigenvalue weighted by Gasteiger charge is -2.12. The molecule has 0 spiro atoms. The van der Waals surface area contributed by atoms with E-state index in [2.05, 4.69) is 5.32 Å². The monoisotopic (exact) mass is 311 g/mol. The Hall–Kier alpha value is -2.08. The van der Waals surface area contributed by atoms with Crippen molar-refractivity contribution in [1.29, 1.82) is 0 Å². The number of hydrogen-bond donors (Lipinski definition) is 1. The number of carbonyl (C=O) groups is 1. The van der Waals surface area contributed by atoms with Crippen LogP contribution >= 0.6 is 11.3 Å². The van der Waals surface area contributed by atoms with Crippen molar-refractivity contribution in [3.63, 3.8) is 0 Å². The lowest BCUT2D eigenvalue weighted by atomic mass is 10.1. The molecular weight excluding hydrogens is 299 g/mol. The molecule has 0 aliphatic rings. The van der Waals surface area contributed by atoms with Crippen molar-refractivity contribution in [3.8, 4) is 0 Å². The first kappa shape index (κ1) is 15.3. The van der Waals surface area contributed by atoms with Gasteiger partial charge in [-0.05, 0) is 42.1 Å². The second kappa shape index (κ2) is 6.13. The fourth-order valence-electron chi connectivity index (χ4n) is 1.72. The van der Waals surface area contributed by atoms with Crippen LogP contribution in [0.2, 0.25) is 0 Å². The predicted molar refractivity (Wildman–Crippen MR) is 78.2 cm³/mol. The van der Waals surface area contributed by atoms with Crippen LogP contribution in [-0.2, 0) is 11.0 Å². The maximum absolute atomic E-state index is 12.8. The SMILES string of the molecule is Cc1ccsc1/C=C/C(=O)Nc1ccccc1C(F)(F)F. The van der Waals surface area contributed by atoms with Crippen LogP contribution in [0.3, 0.4) is 0 Å². The number of alkyl halides is 3. The highest BCUT2D eigenvalue weighted by atomic mass is 32.1. The lowest BCUT2D eigenvalue weighted by molar-refractivity contribution is -0.136. The average Bonchev–Trinajstić information content (AvgIpc) is 2.81. The van der Waals surface area contributed by atoms with Gasteiger partial charge in [0.15, 0.2) is 0 Å². The second-order valence-electron chi connectivity index (χ2n) is 4.33. The third-order valence-corrected chi connectivity index (χ3v) is 3.76. The zero-order valence-electron chi connectivity index (χ0n) is 11.1. The van der Waals surface area contributed by atoms with Crippen molar-refractivity contribution >= 4 is 29.0 Å². The molecule has 1 aromatic carbocycles. The summed E-state index contributed by atoms with van der Waals surface area (Å²) in [5, 5.41) is 4.14. The molecule has 0 bridgehead atoms. The molecule has 0 saturated heterocycles. The van der Waals surface area contributed by atoms with Crippen LogP contribution in [0, 0.1) is 6.92 Å². The van der Waals surface area contributed by atoms with Crippen LogP contribution in [0.4, 0.5) is 18.9 Å². The molecule has 2 aromatic rings. The number of amides is 1. The van der Waals surface area contributed by atoms with E-state index < -0.39 is 17.6 Å². The Morgan fingerprint density at radius 2 is 1.95 bits per heavy atom. The molecule has 21 heavy (non-hydrogen) atoms. The van der Waals surface area contributed by atoms with Gasteiger partial charge < -0.3 is 5.32 Å². The second-order valence-corrected chi connectivity index (χ2v) is 5.28. The number of para-hydroxylation sites is 1. The zero-order chi connectivity index (χ0) is 15.5. The molecule has 0 atom stereocenters. The van der Waals surface area contributed by atoms with Gasteiger partial charge >= 0.3 is 6.18 Å². The third kappa shape index (κ3) is 3.95. The van der Waals surface area contributed by atoms with Gasteiger partial charge in [0, 0.05) is 11.0 Å². The highest BCUT2D eigenvalue weighted by Crippen LogP contribution is 2.34. The average molecular weight is 311 g/mol. The van der Waals surface area contributed by atoms with Gasteiger partial charge in [-0.1, -0.05) is 12.1 Å². The predicted octanol–water partition coefficient (Wildman–Crippen LogP) is 4.73. The van der Waals surface area contributed by atoms with Crippen LogP contribution in [0.25, 0.3) is 6.08 Å². The van der Waals surface area contributed by atoms with Crippen LogP contribution < -0.4 is 5.32 Å². The number of benzene rings is 1. The standard InChI is InChI=1S/C15H12F3NOS/c1-10-8-9-21-13(10)6-7-14(20)19-12-5-3-2-4-11(12)15(16,17)18/h2-9H,1H3,(H,19,20)/b7-6+. The molecule has 6 heteroatoms. The van der Waals surface area contributed by atoms with Crippen molar-refractivity contribution in [1.82, 2.24) is 0 Å². The van der Waals surface area contributed by atoms with Crippen molar-refractivity contribution in [3.05, 3.63) is 57.8 Å². The summed E-state index contributed by atoms with van der Waals surface area (Å²) in [6, 6.07) is 6.79. The van der Waals surface area contributed by atoms with E-state index in [0.717, 1.165) is 16.5 Å². The summed E-state index contributed by atoms with van der Waals surface area (Å²) < 4.78 is 38.4. The smallest absolute Gasteiger partial charge is 0.322 e. The third-order valence-electron chi connectivity index (χ3n) is 2.78. The Kier molecular flexibility index (Phi) is 4.47. The van der Waals surface area contributed by atoms with Crippen molar-refractivity contribution < 1.29 is 18.0 Å². The van der Waals surface area contributed by atoms with E-state index in [1.54, 1.807) is 6.08 Å². The molecule has 2 nitrogen and oxygen atoms in total. The fourth-order valence-corrected chi connectivity index (χ4v) is 2.54. The summed E-state index contributed by atoms with van der Waals surface area (Å²) in [5.74, 6) is -0.598. The van der Waals surface area contributed by atoms with E-state index in [1.807, 2.05) is 18.4 Å². The van der Waals surface area contributed by atoms with Gasteiger partial charge in [0.2, 0.25) is 5.91 Å². The fraction of sp³-hybridized carbons (Fsp3) is 0.133. The number of rotatable bonds is 3. The molecular formula is C15H12F3NOS. The summed E-state index contributed by atoms with van der Waals surface area (Å²) in [6.07, 6.45) is -1.69. The largest absolute Gasteiger partial charge is 0.418 e. The minimum Gasteiger partial charge on any atom is -0.322 e. The van der Waals surface area contributed by atoms with Gasteiger partial charge in [-0.3, -0.25) is 4.79 Å². The Bertz CT molecular complexity index is 674. The van der Waals surface area contributed by atoms with Crippen molar-refractivity contribution in [2.75, 3.05) is 5.32 Å². The molecule has 2 rings (SSSR count). The highest BCUT2D eigenvalue weighted by molar-refractivity contribution is 7.11. The summed E-state index contributed by atoms with van der Waals surface area (Å²) in [7, 11) is 0. The molecule has 1 amide bonds. The molecule has 0 radical (unpaired) electrons. The number of nitrogens with one attached hydrogen (secondary N) is 1. The number of anilines is 1. The van der Waals surface area contributed by atoms with Crippen molar-refractivity contribution in [2.45, 2.75) is 13.1 Å². The summed E-state index contributed by atoms with van der Waals surface area (Å²) in [4.78, 5) is 12.6. The number of halogens is 3. The molecule has 0 aliphatic carbocycles. The molecule has 1 N–H and O–H groups in total.